The Balaban J connectivity index is 2.53. The van der Waals surface area contributed by atoms with E-state index in [1.54, 1.807) is 0 Å². The van der Waals surface area contributed by atoms with Gasteiger partial charge < -0.3 is 4.74 Å². The van der Waals surface area contributed by atoms with Gasteiger partial charge in [-0.3, -0.25) is 0 Å². The maximum atomic E-state index is 5.61. The van der Waals surface area contributed by atoms with Gasteiger partial charge in [0, 0.05) is 3.92 Å². The second-order valence-electron chi connectivity index (χ2n) is 2.86. The van der Waals surface area contributed by atoms with Crippen LogP contribution in [0.3, 0.4) is 0 Å². The minimum atomic E-state index is 0.142. The molecule has 1 nitrogen and oxygen atoms in total. The molecule has 0 aromatic rings. The van der Waals surface area contributed by atoms with Crippen LogP contribution in [0.15, 0.2) is 0 Å². The molecule has 1 heterocycles. The SMILES string of the molecule is C=IC1C(C)COC1CC. The zero-order valence-corrected chi connectivity index (χ0v) is 8.80. The minimum absolute atomic E-state index is 0.142. The molecule has 1 rings (SSSR count). The van der Waals surface area contributed by atoms with Gasteiger partial charge in [0.25, 0.3) is 0 Å². The van der Waals surface area contributed by atoms with Gasteiger partial charge in [0.05, 0.1) is 12.7 Å². The van der Waals surface area contributed by atoms with E-state index in [4.69, 9.17) is 4.74 Å². The molecule has 0 aliphatic carbocycles. The maximum Gasteiger partial charge on any atom is 0.0689 e. The third-order valence-electron chi connectivity index (χ3n) is 2.05. The Bertz CT molecular complexity index is 124. The minimum Gasteiger partial charge on any atom is -0.377 e. The molecule has 0 aromatic carbocycles. The van der Waals surface area contributed by atoms with E-state index in [1.165, 1.54) is 6.42 Å². The van der Waals surface area contributed by atoms with Gasteiger partial charge in [-0.15, -0.1) is 20.7 Å². The quantitative estimate of drug-likeness (QED) is 0.542. The first-order valence-electron chi connectivity index (χ1n) is 3.78. The van der Waals surface area contributed by atoms with Crippen molar-refractivity contribution < 1.29 is 4.74 Å². The summed E-state index contributed by atoms with van der Waals surface area (Å²) in [4.78, 5) is 0. The van der Waals surface area contributed by atoms with E-state index in [0.717, 1.165) is 16.4 Å². The smallest absolute Gasteiger partial charge is 0.0689 e. The van der Waals surface area contributed by atoms with E-state index in [-0.39, 0.29) is 20.7 Å². The average molecular weight is 254 g/mol. The van der Waals surface area contributed by atoms with Crippen LogP contribution in [-0.2, 0) is 4.74 Å². The van der Waals surface area contributed by atoms with Crippen molar-refractivity contribution in [2.24, 2.45) is 5.92 Å². The molecule has 1 aliphatic heterocycles. The highest BCUT2D eigenvalue weighted by atomic mass is 127. The van der Waals surface area contributed by atoms with Crippen LogP contribution in [0, 0.1) is 5.92 Å². The van der Waals surface area contributed by atoms with Crippen LogP contribution in [0.1, 0.15) is 20.3 Å². The first-order valence-corrected chi connectivity index (χ1v) is 6.55. The predicted octanol–water partition coefficient (Wildman–Crippen LogP) is 2.20. The lowest BCUT2D eigenvalue weighted by Crippen LogP contribution is -2.18. The number of ether oxygens (including phenoxy) is 1. The normalized spacial score (nSPS) is 40.4. The first-order chi connectivity index (χ1) is 4.79. The third kappa shape index (κ3) is 1.59. The summed E-state index contributed by atoms with van der Waals surface area (Å²) in [6, 6.07) is 0. The van der Waals surface area contributed by atoms with Crippen LogP contribution in [0.5, 0.6) is 0 Å². The molecule has 2 heteroatoms. The molecule has 0 aromatic heterocycles. The Morgan fingerprint density at radius 3 is 2.80 bits per heavy atom. The average Bonchev–Trinajstić information content (AvgIpc) is 2.30. The van der Waals surface area contributed by atoms with E-state index in [1.807, 2.05) is 0 Å². The fourth-order valence-corrected chi connectivity index (χ4v) is 3.78. The maximum absolute atomic E-state index is 5.61. The zero-order chi connectivity index (χ0) is 7.56. The summed E-state index contributed by atoms with van der Waals surface area (Å²) >= 11 is 0.142. The largest absolute Gasteiger partial charge is 0.377 e. The van der Waals surface area contributed by atoms with Crippen molar-refractivity contribution in [2.75, 3.05) is 6.61 Å². The second kappa shape index (κ2) is 3.81. The van der Waals surface area contributed by atoms with E-state index < -0.39 is 0 Å². The van der Waals surface area contributed by atoms with Crippen LogP contribution in [0.4, 0.5) is 0 Å². The third-order valence-corrected chi connectivity index (χ3v) is 5.10. The number of alkyl halides is 1. The van der Waals surface area contributed by atoms with Crippen LogP contribution >= 0.6 is 20.7 Å². The zero-order valence-electron chi connectivity index (χ0n) is 6.64. The highest BCUT2D eigenvalue weighted by molar-refractivity contribution is 14.2. The van der Waals surface area contributed by atoms with E-state index in [0.29, 0.717) is 6.10 Å². The highest BCUT2D eigenvalue weighted by Gasteiger charge is 2.30. The van der Waals surface area contributed by atoms with Crippen molar-refractivity contribution in [3.8, 4) is 0 Å². The van der Waals surface area contributed by atoms with Crippen LogP contribution in [0.2, 0.25) is 0 Å². The molecule has 1 fully saturated rings. The van der Waals surface area contributed by atoms with Gasteiger partial charge in [-0.1, -0.05) is 18.4 Å². The summed E-state index contributed by atoms with van der Waals surface area (Å²) in [6.45, 7) is 5.46. The Kier molecular flexibility index (Phi) is 3.30. The van der Waals surface area contributed by atoms with E-state index in [2.05, 4.69) is 18.4 Å². The molecule has 0 amide bonds. The van der Waals surface area contributed by atoms with Crippen molar-refractivity contribution in [3.05, 3.63) is 0 Å². The number of rotatable bonds is 2. The molecule has 3 atom stereocenters. The van der Waals surface area contributed by atoms with Crippen molar-refractivity contribution in [1.29, 1.82) is 0 Å². The molecule has 3 unspecified atom stereocenters. The predicted molar refractivity (Wildman–Crippen MR) is 54.1 cm³/mol. The van der Waals surface area contributed by atoms with Gasteiger partial charge in [-0.25, -0.2) is 0 Å². The standard InChI is InChI=1S/C8H15IO/c1-4-7-8(9-3)6(2)5-10-7/h6-8H,3-5H2,1-2H3. The van der Waals surface area contributed by atoms with Crippen molar-refractivity contribution >= 4 is 25.2 Å². The van der Waals surface area contributed by atoms with Crippen molar-refractivity contribution in [3.63, 3.8) is 0 Å². The van der Waals surface area contributed by atoms with Gasteiger partial charge >= 0.3 is 0 Å². The van der Waals surface area contributed by atoms with E-state index in [9.17, 15) is 0 Å². The topological polar surface area (TPSA) is 9.23 Å². The van der Waals surface area contributed by atoms with Crippen molar-refractivity contribution in [1.82, 2.24) is 0 Å². The van der Waals surface area contributed by atoms with Gasteiger partial charge in [0.15, 0.2) is 0 Å². The van der Waals surface area contributed by atoms with E-state index >= 15 is 0 Å². The summed E-state index contributed by atoms with van der Waals surface area (Å²) in [5, 5.41) is 0. The summed E-state index contributed by atoms with van der Waals surface area (Å²) < 4.78 is 10.5. The Morgan fingerprint density at radius 1 is 1.70 bits per heavy atom. The summed E-state index contributed by atoms with van der Waals surface area (Å²) in [5.74, 6) is 0.773. The fourth-order valence-electron chi connectivity index (χ4n) is 1.42. The van der Waals surface area contributed by atoms with Gasteiger partial charge in [-0.2, -0.15) is 0 Å². The lowest BCUT2D eigenvalue weighted by atomic mass is 10.1. The molecule has 1 aliphatic rings. The lowest BCUT2D eigenvalue weighted by Gasteiger charge is -2.13. The Morgan fingerprint density at radius 2 is 2.40 bits per heavy atom. The van der Waals surface area contributed by atoms with Crippen LogP contribution < -0.4 is 0 Å². The molecule has 0 N–H and O–H groups in total. The monoisotopic (exact) mass is 254 g/mol. The number of hydrogen-bond donors (Lipinski definition) is 0. The Hall–Kier alpha value is 0.560. The summed E-state index contributed by atoms with van der Waals surface area (Å²) in [6.07, 6.45) is 1.71. The fraction of sp³-hybridized carbons (Fsp3) is 0.875. The molecule has 0 radical (unpaired) electrons. The Labute approximate surface area is 72.9 Å². The highest BCUT2D eigenvalue weighted by Crippen LogP contribution is 2.31. The van der Waals surface area contributed by atoms with Gasteiger partial charge in [0.2, 0.25) is 0 Å². The molecule has 60 valence electrons. The summed E-state index contributed by atoms with van der Waals surface area (Å²) in [5.41, 5.74) is 0. The van der Waals surface area contributed by atoms with Gasteiger partial charge in [0.1, 0.15) is 0 Å². The molecule has 0 bridgehead atoms. The molecule has 0 saturated carbocycles. The molecule has 0 spiro atoms. The lowest BCUT2D eigenvalue weighted by molar-refractivity contribution is 0.107. The van der Waals surface area contributed by atoms with Crippen LogP contribution in [0.25, 0.3) is 0 Å². The number of hydrogen-bond acceptors (Lipinski definition) is 1. The van der Waals surface area contributed by atoms with Gasteiger partial charge in [-0.05, 0) is 12.3 Å². The molecule has 1 saturated heterocycles. The molecular weight excluding hydrogens is 239 g/mol. The van der Waals surface area contributed by atoms with Crippen LogP contribution in [-0.4, -0.2) is 21.2 Å². The molecular formula is C8H15IO. The number of halogens is 1. The molecule has 10 heavy (non-hydrogen) atoms. The summed E-state index contributed by atoms with van der Waals surface area (Å²) in [7, 11) is 0. The van der Waals surface area contributed by atoms with Crippen molar-refractivity contribution in [2.45, 2.75) is 30.3 Å². The second-order valence-corrected chi connectivity index (χ2v) is 5.18. The first kappa shape index (κ1) is 8.65.